The van der Waals surface area contributed by atoms with E-state index in [0.717, 1.165) is 0 Å². The number of rotatable bonds is 3. The van der Waals surface area contributed by atoms with Gasteiger partial charge in [0, 0.05) is 25.0 Å². The predicted octanol–water partition coefficient (Wildman–Crippen LogP) is 0.00730. The first kappa shape index (κ1) is 10.1. The molecule has 0 saturated heterocycles. The molecule has 0 unspecified atom stereocenters. The molecule has 0 aliphatic rings. The van der Waals surface area contributed by atoms with Gasteiger partial charge in [0.05, 0.1) is 5.69 Å². The largest absolute Gasteiger partial charge is 0.364 e. The number of aromatic amines is 1. The van der Waals surface area contributed by atoms with E-state index in [0.29, 0.717) is 17.2 Å². The molecule has 0 radical (unpaired) electrons. The van der Waals surface area contributed by atoms with Crippen LogP contribution >= 0.6 is 0 Å². The molecule has 2 rings (SSSR count). The van der Waals surface area contributed by atoms with Crippen LogP contribution in [0.5, 0.6) is 0 Å². The number of carbonyl (C=O) groups excluding carboxylic acids is 1. The summed E-state index contributed by atoms with van der Waals surface area (Å²) in [5.74, 6) is -0.0269. The first-order valence-electron chi connectivity index (χ1n) is 4.56. The SMILES string of the molecule is CNc1ncc(-c2cc(C(N)=O)[nH]n2)cn1. The molecule has 0 fully saturated rings. The average Bonchev–Trinajstić information content (AvgIpc) is 2.78. The minimum atomic E-state index is -0.550. The number of nitrogens with two attached hydrogens (primary N) is 1. The third kappa shape index (κ3) is 1.83. The van der Waals surface area contributed by atoms with Gasteiger partial charge in [0.15, 0.2) is 0 Å². The van der Waals surface area contributed by atoms with Crippen molar-refractivity contribution in [3.05, 3.63) is 24.2 Å². The van der Waals surface area contributed by atoms with Crippen molar-refractivity contribution in [3.63, 3.8) is 0 Å². The second-order valence-corrected chi connectivity index (χ2v) is 3.08. The van der Waals surface area contributed by atoms with Gasteiger partial charge in [-0.25, -0.2) is 9.97 Å². The monoisotopic (exact) mass is 218 g/mol. The van der Waals surface area contributed by atoms with Gasteiger partial charge in [0.25, 0.3) is 5.91 Å². The normalized spacial score (nSPS) is 10.1. The number of carbonyl (C=O) groups is 1. The molecule has 0 aromatic carbocycles. The first-order valence-corrected chi connectivity index (χ1v) is 4.56. The summed E-state index contributed by atoms with van der Waals surface area (Å²) in [6.07, 6.45) is 3.22. The van der Waals surface area contributed by atoms with E-state index in [1.165, 1.54) is 0 Å². The average molecular weight is 218 g/mol. The Balaban J connectivity index is 2.31. The summed E-state index contributed by atoms with van der Waals surface area (Å²) in [4.78, 5) is 18.9. The Morgan fingerprint density at radius 2 is 2.12 bits per heavy atom. The van der Waals surface area contributed by atoms with E-state index < -0.39 is 5.91 Å². The van der Waals surface area contributed by atoms with Crippen molar-refractivity contribution in [1.29, 1.82) is 0 Å². The predicted molar refractivity (Wildman–Crippen MR) is 57.7 cm³/mol. The topological polar surface area (TPSA) is 110 Å². The lowest BCUT2D eigenvalue weighted by molar-refractivity contribution is 0.0995. The van der Waals surface area contributed by atoms with Gasteiger partial charge in [-0.15, -0.1) is 0 Å². The van der Waals surface area contributed by atoms with Gasteiger partial charge < -0.3 is 11.1 Å². The zero-order chi connectivity index (χ0) is 11.5. The molecule has 0 aliphatic carbocycles. The Labute approximate surface area is 91.1 Å². The van der Waals surface area contributed by atoms with E-state index in [9.17, 15) is 4.79 Å². The van der Waals surface area contributed by atoms with E-state index in [2.05, 4.69) is 25.5 Å². The number of primary amides is 1. The van der Waals surface area contributed by atoms with Gasteiger partial charge in [-0.2, -0.15) is 5.10 Å². The summed E-state index contributed by atoms with van der Waals surface area (Å²) in [6.45, 7) is 0. The maximum Gasteiger partial charge on any atom is 0.266 e. The highest BCUT2D eigenvalue weighted by atomic mass is 16.1. The standard InChI is InChI=1S/C9H10N6O/c1-11-9-12-3-5(4-13-9)6-2-7(8(10)16)15-14-6/h2-4H,1H3,(H2,10,16)(H,14,15)(H,11,12,13). The van der Waals surface area contributed by atoms with Gasteiger partial charge in [0.2, 0.25) is 5.95 Å². The molecule has 16 heavy (non-hydrogen) atoms. The zero-order valence-electron chi connectivity index (χ0n) is 8.56. The third-order valence-electron chi connectivity index (χ3n) is 2.01. The molecular formula is C9H10N6O. The lowest BCUT2D eigenvalue weighted by atomic mass is 10.2. The smallest absolute Gasteiger partial charge is 0.266 e. The van der Waals surface area contributed by atoms with Gasteiger partial charge in [-0.1, -0.05) is 0 Å². The molecule has 2 aromatic rings. The molecule has 0 saturated carbocycles. The van der Waals surface area contributed by atoms with Gasteiger partial charge in [0.1, 0.15) is 5.69 Å². The Kier molecular flexibility index (Phi) is 2.50. The van der Waals surface area contributed by atoms with E-state index in [1.54, 1.807) is 25.5 Å². The summed E-state index contributed by atoms with van der Waals surface area (Å²) >= 11 is 0. The van der Waals surface area contributed by atoms with Crippen LogP contribution in [0.25, 0.3) is 11.3 Å². The summed E-state index contributed by atoms with van der Waals surface area (Å²) in [5, 5.41) is 9.28. The fourth-order valence-electron chi connectivity index (χ4n) is 1.19. The lowest BCUT2D eigenvalue weighted by Crippen LogP contribution is -2.10. The zero-order valence-corrected chi connectivity index (χ0v) is 8.56. The molecule has 82 valence electrons. The fraction of sp³-hybridized carbons (Fsp3) is 0.111. The van der Waals surface area contributed by atoms with E-state index in [-0.39, 0.29) is 5.69 Å². The molecule has 0 aliphatic heterocycles. The van der Waals surface area contributed by atoms with Crippen LogP contribution in [0.2, 0.25) is 0 Å². The van der Waals surface area contributed by atoms with Gasteiger partial charge in [-0.3, -0.25) is 9.89 Å². The van der Waals surface area contributed by atoms with Crippen molar-refractivity contribution < 1.29 is 4.79 Å². The Morgan fingerprint density at radius 3 is 2.62 bits per heavy atom. The number of nitrogens with one attached hydrogen (secondary N) is 2. The molecule has 0 atom stereocenters. The summed E-state index contributed by atoms with van der Waals surface area (Å²) in [7, 11) is 1.73. The second-order valence-electron chi connectivity index (χ2n) is 3.08. The van der Waals surface area contributed by atoms with Crippen molar-refractivity contribution in [1.82, 2.24) is 20.2 Å². The van der Waals surface area contributed by atoms with Crippen LogP contribution < -0.4 is 11.1 Å². The Hall–Kier alpha value is -2.44. The van der Waals surface area contributed by atoms with Crippen LogP contribution in [0.3, 0.4) is 0 Å². The van der Waals surface area contributed by atoms with Crippen LogP contribution in [0.1, 0.15) is 10.5 Å². The lowest BCUT2D eigenvalue weighted by Gasteiger charge is -1.97. The van der Waals surface area contributed by atoms with Crippen molar-refractivity contribution in [3.8, 4) is 11.3 Å². The van der Waals surface area contributed by atoms with Crippen LogP contribution in [0.15, 0.2) is 18.5 Å². The fourth-order valence-corrected chi connectivity index (χ4v) is 1.19. The summed E-state index contributed by atoms with van der Waals surface area (Å²) in [5.41, 5.74) is 6.65. The molecule has 4 N–H and O–H groups in total. The Bertz CT molecular complexity index is 503. The van der Waals surface area contributed by atoms with Crippen LogP contribution in [-0.2, 0) is 0 Å². The van der Waals surface area contributed by atoms with Crippen LogP contribution in [0, 0.1) is 0 Å². The van der Waals surface area contributed by atoms with Gasteiger partial charge >= 0.3 is 0 Å². The highest BCUT2D eigenvalue weighted by Crippen LogP contribution is 2.15. The van der Waals surface area contributed by atoms with Crippen LogP contribution in [0.4, 0.5) is 5.95 Å². The highest BCUT2D eigenvalue weighted by Gasteiger charge is 2.08. The number of H-pyrrole nitrogens is 1. The number of aromatic nitrogens is 4. The minimum absolute atomic E-state index is 0.257. The number of amides is 1. The molecule has 1 amide bonds. The molecule has 2 heterocycles. The number of hydrogen-bond donors (Lipinski definition) is 3. The van der Waals surface area contributed by atoms with Crippen LogP contribution in [-0.4, -0.2) is 33.1 Å². The maximum absolute atomic E-state index is 10.9. The molecule has 0 bridgehead atoms. The van der Waals surface area contributed by atoms with Crippen molar-refractivity contribution >= 4 is 11.9 Å². The molecule has 0 spiro atoms. The first-order chi connectivity index (χ1) is 7.70. The minimum Gasteiger partial charge on any atom is -0.364 e. The van der Waals surface area contributed by atoms with E-state index in [1.807, 2.05) is 0 Å². The summed E-state index contributed by atoms with van der Waals surface area (Å²) < 4.78 is 0. The molecular weight excluding hydrogens is 208 g/mol. The molecule has 7 heteroatoms. The van der Waals surface area contributed by atoms with Crippen molar-refractivity contribution in [2.45, 2.75) is 0 Å². The van der Waals surface area contributed by atoms with Gasteiger partial charge in [-0.05, 0) is 6.07 Å². The molecule has 7 nitrogen and oxygen atoms in total. The molecule has 2 aromatic heterocycles. The van der Waals surface area contributed by atoms with Crippen molar-refractivity contribution in [2.75, 3.05) is 12.4 Å². The summed E-state index contributed by atoms with van der Waals surface area (Å²) in [6, 6.07) is 1.56. The number of nitrogens with zero attached hydrogens (tertiary/aromatic N) is 3. The quantitative estimate of drug-likeness (QED) is 0.672. The number of hydrogen-bond acceptors (Lipinski definition) is 5. The van der Waals surface area contributed by atoms with Crippen molar-refractivity contribution in [2.24, 2.45) is 5.73 Å². The number of anilines is 1. The van der Waals surface area contributed by atoms with E-state index in [4.69, 9.17) is 5.73 Å². The third-order valence-corrected chi connectivity index (χ3v) is 2.01. The van der Waals surface area contributed by atoms with E-state index >= 15 is 0 Å². The second kappa shape index (κ2) is 3.97. The maximum atomic E-state index is 10.9. The Morgan fingerprint density at radius 1 is 1.44 bits per heavy atom. The highest BCUT2D eigenvalue weighted by molar-refractivity contribution is 5.91.